The molecule has 38 valence electrons. The molecule has 0 aromatic rings. The topological polar surface area (TPSA) is 9.23 Å². The minimum atomic E-state index is 0.887. The van der Waals surface area contributed by atoms with Gasteiger partial charge < -0.3 is 0 Å². The molecule has 0 N–H and O–H groups in total. The van der Waals surface area contributed by atoms with Gasteiger partial charge >= 0.3 is 53.2 Å². The minimum absolute atomic E-state index is 0.887. The number of hydrogen-bond donors (Lipinski definition) is 0. The average molecular weight is 114 g/mol. The van der Waals surface area contributed by atoms with E-state index in [1.54, 1.807) is 0 Å². The van der Waals surface area contributed by atoms with Gasteiger partial charge in [0.05, 0.1) is 0 Å². The van der Waals surface area contributed by atoms with Crippen molar-refractivity contribution in [2.24, 2.45) is 0 Å². The van der Waals surface area contributed by atoms with E-state index in [9.17, 15) is 0 Å². The molecule has 0 aliphatic rings. The third-order valence-electron chi connectivity index (χ3n) is 0.866. The summed E-state index contributed by atoms with van der Waals surface area (Å²) in [5.41, 5.74) is 0. The van der Waals surface area contributed by atoms with E-state index in [1.165, 1.54) is 19.3 Å². The van der Waals surface area contributed by atoms with E-state index in [4.69, 9.17) is 3.79 Å². The Morgan fingerprint density at radius 3 is 2.57 bits per heavy atom. The summed E-state index contributed by atoms with van der Waals surface area (Å²) in [6.07, 6.45) is 3.75. The Hall–Kier alpha value is 0.492. The van der Waals surface area contributed by atoms with Crippen molar-refractivity contribution in [2.75, 3.05) is 6.61 Å². The van der Waals surface area contributed by atoms with Gasteiger partial charge in [-0.25, -0.2) is 0 Å². The molecule has 0 aromatic heterocycles. The molecule has 0 unspecified atom stereocenters. The molecule has 0 aromatic carbocycles. The van der Waals surface area contributed by atoms with Crippen molar-refractivity contribution in [3.63, 3.8) is 0 Å². The summed E-state index contributed by atoms with van der Waals surface area (Å²) in [5.74, 6) is 0. The fourth-order valence-electron chi connectivity index (χ4n) is 0.435. The van der Waals surface area contributed by atoms with Crippen LogP contribution in [0.1, 0.15) is 26.2 Å². The second kappa shape index (κ2) is 6.49. The van der Waals surface area contributed by atoms with Crippen molar-refractivity contribution >= 4 is 16.6 Å². The van der Waals surface area contributed by atoms with Crippen molar-refractivity contribution in [3.05, 3.63) is 0 Å². The van der Waals surface area contributed by atoms with Crippen LogP contribution >= 0.6 is 0 Å². The van der Waals surface area contributed by atoms with Gasteiger partial charge in [0.1, 0.15) is 0 Å². The Bertz CT molecular complexity index is 27.3. The van der Waals surface area contributed by atoms with E-state index in [0.29, 0.717) is 0 Å². The van der Waals surface area contributed by atoms with E-state index in [1.807, 2.05) is 0 Å². The van der Waals surface area contributed by atoms with Crippen LogP contribution in [0.4, 0.5) is 0 Å². The maximum absolute atomic E-state index is 4.76. The zero-order valence-electron chi connectivity index (χ0n) is 4.81. The molecule has 0 rings (SSSR count). The summed E-state index contributed by atoms with van der Waals surface area (Å²) in [6.45, 7) is 3.07. The van der Waals surface area contributed by atoms with E-state index in [2.05, 4.69) is 23.5 Å². The Labute approximate surface area is 53.8 Å². The Balaban J connectivity index is 2.45. The second-order valence-electron chi connectivity index (χ2n) is 1.58. The average Bonchev–Trinajstić information content (AvgIpc) is 1.69. The van der Waals surface area contributed by atoms with Gasteiger partial charge in [-0.15, -0.1) is 0 Å². The van der Waals surface area contributed by atoms with E-state index >= 15 is 0 Å². The fourth-order valence-corrected chi connectivity index (χ4v) is 0.602. The zero-order valence-corrected chi connectivity index (χ0v) is 5.97. The summed E-state index contributed by atoms with van der Waals surface area (Å²) in [4.78, 5) is 0. The van der Waals surface area contributed by atoms with Crippen LogP contribution in [0.3, 0.4) is 0 Å². The molecule has 0 spiro atoms. The van der Waals surface area contributed by atoms with Crippen LogP contribution in [0.5, 0.6) is 0 Å². The van der Waals surface area contributed by atoms with Crippen LogP contribution in [0.15, 0.2) is 0 Å². The predicted molar refractivity (Wildman–Crippen MR) is 31.2 cm³/mol. The molecule has 0 radical (unpaired) electrons. The molecular formula is C5H11AlO+2. The van der Waals surface area contributed by atoms with Gasteiger partial charge in [0.2, 0.25) is 0 Å². The van der Waals surface area contributed by atoms with Gasteiger partial charge in [0.25, 0.3) is 0 Å². The van der Waals surface area contributed by atoms with Crippen molar-refractivity contribution in [1.82, 2.24) is 0 Å². The quantitative estimate of drug-likeness (QED) is 0.395. The SMILES string of the molecule is CCCCC[O][Al+2]. The third kappa shape index (κ3) is 6.49. The van der Waals surface area contributed by atoms with Gasteiger partial charge in [-0.3, -0.25) is 0 Å². The molecule has 7 heavy (non-hydrogen) atoms. The predicted octanol–water partition coefficient (Wildman–Crippen LogP) is 1.28. The molecule has 0 aliphatic heterocycles. The fraction of sp³-hybridized carbons (Fsp3) is 1.00. The van der Waals surface area contributed by atoms with Crippen LogP contribution in [0.2, 0.25) is 0 Å². The normalized spacial score (nSPS) is 9.57. The van der Waals surface area contributed by atoms with E-state index in [0.717, 1.165) is 6.61 Å². The molecule has 1 nitrogen and oxygen atoms in total. The second-order valence-corrected chi connectivity index (χ2v) is 1.91. The van der Waals surface area contributed by atoms with Crippen molar-refractivity contribution < 1.29 is 3.79 Å². The van der Waals surface area contributed by atoms with Crippen LogP contribution in [-0.2, 0) is 3.79 Å². The summed E-state index contributed by atoms with van der Waals surface area (Å²) in [7, 11) is 0. The molecular weight excluding hydrogens is 103 g/mol. The standard InChI is InChI=1S/C5H11O.Al/c1-2-3-4-5-6;/h2-5H2,1H3;/q-1;+3. The summed E-state index contributed by atoms with van der Waals surface area (Å²) >= 11 is 2.25. The third-order valence-corrected chi connectivity index (χ3v) is 1.10. The molecule has 0 amide bonds. The van der Waals surface area contributed by atoms with Gasteiger partial charge in [0, 0.05) is 0 Å². The number of rotatable bonds is 4. The van der Waals surface area contributed by atoms with Crippen molar-refractivity contribution in [1.29, 1.82) is 0 Å². The van der Waals surface area contributed by atoms with Crippen LogP contribution in [0, 0.1) is 0 Å². The molecule has 0 heterocycles. The molecule has 0 bridgehead atoms. The first-order valence-electron chi connectivity index (χ1n) is 2.73. The molecule has 0 aliphatic carbocycles. The van der Waals surface area contributed by atoms with Gasteiger partial charge in [-0.1, -0.05) is 0 Å². The van der Waals surface area contributed by atoms with Crippen molar-refractivity contribution in [2.45, 2.75) is 26.2 Å². The molecule has 0 saturated heterocycles. The maximum atomic E-state index is 4.76. The molecule has 0 fully saturated rings. The summed E-state index contributed by atoms with van der Waals surface area (Å²) in [5, 5.41) is 0. The first-order chi connectivity index (χ1) is 3.41. The van der Waals surface area contributed by atoms with Gasteiger partial charge in [-0.05, 0) is 0 Å². The molecule has 0 saturated carbocycles. The zero-order chi connectivity index (χ0) is 5.54. The van der Waals surface area contributed by atoms with E-state index < -0.39 is 0 Å². The summed E-state index contributed by atoms with van der Waals surface area (Å²) < 4.78 is 4.76. The van der Waals surface area contributed by atoms with E-state index in [-0.39, 0.29) is 0 Å². The van der Waals surface area contributed by atoms with Crippen LogP contribution in [0.25, 0.3) is 0 Å². The Morgan fingerprint density at radius 2 is 2.14 bits per heavy atom. The number of hydrogen-bond acceptors (Lipinski definition) is 1. The Kier molecular flexibility index (Phi) is 6.95. The van der Waals surface area contributed by atoms with Gasteiger partial charge in [-0.2, -0.15) is 0 Å². The first kappa shape index (κ1) is 7.49. The van der Waals surface area contributed by atoms with Crippen molar-refractivity contribution in [3.8, 4) is 0 Å². The molecule has 0 atom stereocenters. The van der Waals surface area contributed by atoms with Crippen LogP contribution < -0.4 is 0 Å². The molecule has 2 heteroatoms. The van der Waals surface area contributed by atoms with Crippen LogP contribution in [-0.4, -0.2) is 23.2 Å². The monoisotopic (exact) mass is 114 g/mol. The summed E-state index contributed by atoms with van der Waals surface area (Å²) in [6, 6.07) is 0. The first-order valence-corrected chi connectivity index (χ1v) is 3.20. The number of unbranched alkanes of at least 4 members (excludes halogenated alkanes) is 2. The Morgan fingerprint density at radius 1 is 1.43 bits per heavy atom. The van der Waals surface area contributed by atoms with Gasteiger partial charge in [0.15, 0.2) is 0 Å².